The van der Waals surface area contributed by atoms with Gasteiger partial charge < -0.3 is 10.6 Å². The van der Waals surface area contributed by atoms with Gasteiger partial charge >= 0.3 is 0 Å². The van der Waals surface area contributed by atoms with Crippen LogP contribution < -0.4 is 5.73 Å². The van der Waals surface area contributed by atoms with Crippen molar-refractivity contribution in [2.24, 2.45) is 5.73 Å². The molecule has 5 heteroatoms. The highest BCUT2D eigenvalue weighted by Gasteiger charge is 2.16. The third-order valence-corrected chi connectivity index (χ3v) is 3.31. The molecule has 110 valence electrons. The molecule has 2 rings (SSSR count). The van der Waals surface area contributed by atoms with Gasteiger partial charge in [-0.3, -0.25) is 4.79 Å². The maximum Gasteiger partial charge on any atom is 0.272 e. The quantitative estimate of drug-likeness (QED) is 0.892. The van der Waals surface area contributed by atoms with Crippen molar-refractivity contribution >= 4 is 17.5 Å². The van der Waals surface area contributed by atoms with Crippen LogP contribution in [0.5, 0.6) is 0 Å². The molecule has 1 aromatic heterocycles. The summed E-state index contributed by atoms with van der Waals surface area (Å²) in [5, 5.41) is 0.517. The largest absolute Gasteiger partial charge is 0.333 e. The lowest BCUT2D eigenvalue weighted by atomic mass is 10.2. The van der Waals surface area contributed by atoms with Crippen LogP contribution in [0.25, 0.3) is 0 Å². The maximum atomic E-state index is 12.5. The standard InChI is InChI=1S/C16H18ClN3O/c17-14-7-8-15(19-11-14)16(21)20(10-4-9-18)12-13-5-2-1-3-6-13/h1-3,5-8,11H,4,9-10,12,18H2. The van der Waals surface area contributed by atoms with Crippen LogP contribution in [0.15, 0.2) is 48.7 Å². The molecule has 0 atom stereocenters. The van der Waals surface area contributed by atoms with Crippen molar-refractivity contribution in [1.82, 2.24) is 9.88 Å². The molecular formula is C16H18ClN3O. The van der Waals surface area contributed by atoms with E-state index in [1.807, 2.05) is 30.3 Å². The van der Waals surface area contributed by atoms with E-state index in [9.17, 15) is 4.79 Å². The number of aromatic nitrogens is 1. The third-order valence-electron chi connectivity index (χ3n) is 3.08. The van der Waals surface area contributed by atoms with Crippen LogP contribution in [0.2, 0.25) is 5.02 Å². The average molecular weight is 304 g/mol. The minimum atomic E-state index is -0.107. The van der Waals surface area contributed by atoms with Gasteiger partial charge in [-0.05, 0) is 30.7 Å². The molecule has 0 aliphatic heterocycles. The van der Waals surface area contributed by atoms with E-state index in [0.29, 0.717) is 30.4 Å². The van der Waals surface area contributed by atoms with Crippen LogP contribution in [-0.4, -0.2) is 28.9 Å². The number of carbonyl (C=O) groups is 1. The second-order valence-corrected chi connectivity index (χ2v) is 5.15. The van der Waals surface area contributed by atoms with Gasteiger partial charge in [-0.25, -0.2) is 4.98 Å². The van der Waals surface area contributed by atoms with Crippen molar-refractivity contribution in [1.29, 1.82) is 0 Å². The van der Waals surface area contributed by atoms with Crippen LogP contribution >= 0.6 is 11.6 Å². The predicted octanol–water partition coefficient (Wildman–Crippen LogP) is 2.73. The molecule has 1 amide bonds. The molecule has 2 aromatic rings. The SMILES string of the molecule is NCCCN(Cc1ccccc1)C(=O)c1ccc(Cl)cn1. The Balaban J connectivity index is 2.14. The number of nitrogens with two attached hydrogens (primary N) is 1. The van der Waals surface area contributed by atoms with Gasteiger partial charge in [-0.2, -0.15) is 0 Å². The Kier molecular flexibility index (Phi) is 5.72. The highest BCUT2D eigenvalue weighted by molar-refractivity contribution is 6.30. The Bertz CT molecular complexity index is 572. The number of hydrogen-bond donors (Lipinski definition) is 1. The molecule has 0 bridgehead atoms. The highest BCUT2D eigenvalue weighted by Crippen LogP contribution is 2.11. The molecule has 1 heterocycles. The summed E-state index contributed by atoms with van der Waals surface area (Å²) in [6.07, 6.45) is 2.24. The third kappa shape index (κ3) is 4.55. The maximum absolute atomic E-state index is 12.5. The topological polar surface area (TPSA) is 59.2 Å². The van der Waals surface area contributed by atoms with E-state index in [2.05, 4.69) is 4.98 Å². The molecule has 0 aliphatic carbocycles. The molecule has 0 spiro atoms. The molecule has 0 saturated heterocycles. The fourth-order valence-corrected chi connectivity index (χ4v) is 2.11. The summed E-state index contributed by atoms with van der Waals surface area (Å²) in [5.74, 6) is -0.107. The molecule has 0 unspecified atom stereocenters. The molecule has 21 heavy (non-hydrogen) atoms. The zero-order valence-electron chi connectivity index (χ0n) is 11.7. The Morgan fingerprint density at radius 2 is 1.95 bits per heavy atom. The molecule has 0 fully saturated rings. The number of pyridine rings is 1. The van der Waals surface area contributed by atoms with Gasteiger partial charge in [-0.15, -0.1) is 0 Å². The van der Waals surface area contributed by atoms with Gasteiger partial charge in [-0.1, -0.05) is 41.9 Å². The first-order valence-corrected chi connectivity index (χ1v) is 7.23. The number of nitrogens with zero attached hydrogens (tertiary/aromatic N) is 2. The summed E-state index contributed by atoms with van der Waals surface area (Å²) in [6, 6.07) is 13.2. The summed E-state index contributed by atoms with van der Waals surface area (Å²) in [5.41, 5.74) is 7.03. The highest BCUT2D eigenvalue weighted by atomic mass is 35.5. The van der Waals surface area contributed by atoms with E-state index in [0.717, 1.165) is 12.0 Å². The van der Waals surface area contributed by atoms with Gasteiger partial charge in [0.25, 0.3) is 5.91 Å². The fraction of sp³-hybridized carbons (Fsp3) is 0.250. The predicted molar refractivity (Wildman–Crippen MR) is 84.1 cm³/mol. The van der Waals surface area contributed by atoms with Crippen molar-refractivity contribution in [2.45, 2.75) is 13.0 Å². The van der Waals surface area contributed by atoms with Crippen molar-refractivity contribution < 1.29 is 4.79 Å². The monoisotopic (exact) mass is 303 g/mol. The second-order valence-electron chi connectivity index (χ2n) is 4.72. The van der Waals surface area contributed by atoms with Gasteiger partial charge in [0.2, 0.25) is 0 Å². The first-order valence-electron chi connectivity index (χ1n) is 6.85. The van der Waals surface area contributed by atoms with Crippen molar-refractivity contribution in [3.63, 3.8) is 0 Å². The van der Waals surface area contributed by atoms with Crippen molar-refractivity contribution in [2.75, 3.05) is 13.1 Å². The summed E-state index contributed by atoms with van der Waals surface area (Å²) in [7, 11) is 0. The van der Waals surface area contributed by atoms with Gasteiger partial charge in [0.15, 0.2) is 0 Å². The van der Waals surface area contributed by atoms with Gasteiger partial charge in [0.1, 0.15) is 5.69 Å². The number of benzene rings is 1. The summed E-state index contributed by atoms with van der Waals surface area (Å²) < 4.78 is 0. The summed E-state index contributed by atoms with van der Waals surface area (Å²) in [6.45, 7) is 1.70. The number of rotatable bonds is 6. The first-order chi connectivity index (χ1) is 10.2. The molecule has 0 saturated carbocycles. The van der Waals surface area contributed by atoms with Crippen LogP contribution in [-0.2, 0) is 6.54 Å². The van der Waals surface area contributed by atoms with Gasteiger partial charge in [0.05, 0.1) is 5.02 Å². The number of carbonyl (C=O) groups excluding carboxylic acids is 1. The molecule has 2 N–H and O–H groups in total. The number of amides is 1. The van der Waals surface area contributed by atoms with E-state index in [1.165, 1.54) is 6.20 Å². The van der Waals surface area contributed by atoms with E-state index >= 15 is 0 Å². The van der Waals surface area contributed by atoms with Crippen molar-refractivity contribution in [3.05, 3.63) is 64.9 Å². The molecule has 0 radical (unpaired) electrons. The molecule has 0 aliphatic rings. The minimum Gasteiger partial charge on any atom is -0.333 e. The Morgan fingerprint density at radius 1 is 1.19 bits per heavy atom. The lowest BCUT2D eigenvalue weighted by molar-refractivity contribution is 0.0736. The normalized spacial score (nSPS) is 10.4. The Labute approximate surface area is 129 Å². The molecule has 4 nitrogen and oxygen atoms in total. The average Bonchev–Trinajstić information content (AvgIpc) is 2.52. The van der Waals surface area contributed by atoms with Crippen LogP contribution in [0.4, 0.5) is 0 Å². The Hall–Kier alpha value is -1.91. The lowest BCUT2D eigenvalue weighted by Gasteiger charge is -2.22. The van der Waals surface area contributed by atoms with Crippen LogP contribution in [0.3, 0.4) is 0 Å². The smallest absolute Gasteiger partial charge is 0.272 e. The number of halogens is 1. The van der Waals surface area contributed by atoms with E-state index in [1.54, 1.807) is 17.0 Å². The fourth-order valence-electron chi connectivity index (χ4n) is 2.00. The summed E-state index contributed by atoms with van der Waals surface area (Å²) in [4.78, 5) is 18.4. The van der Waals surface area contributed by atoms with E-state index < -0.39 is 0 Å². The van der Waals surface area contributed by atoms with Crippen molar-refractivity contribution in [3.8, 4) is 0 Å². The first kappa shape index (κ1) is 15.5. The molecule has 1 aromatic carbocycles. The second kappa shape index (κ2) is 7.76. The van der Waals surface area contributed by atoms with E-state index in [4.69, 9.17) is 17.3 Å². The van der Waals surface area contributed by atoms with Gasteiger partial charge in [0, 0.05) is 19.3 Å². The minimum absolute atomic E-state index is 0.107. The zero-order valence-corrected chi connectivity index (χ0v) is 12.5. The Morgan fingerprint density at radius 3 is 2.57 bits per heavy atom. The van der Waals surface area contributed by atoms with E-state index in [-0.39, 0.29) is 5.91 Å². The number of hydrogen-bond acceptors (Lipinski definition) is 3. The summed E-state index contributed by atoms with van der Waals surface area (Å²) >= 11 is 5.81. The lowest BCUT2D eigenvalue weighted by Crippen LogP contribution is -2.33. The molecular weight excluding hydrogens is 286 g/mol. The van der Waals surface area contributed by atoms with Crippen LogP contribution in [0.1, 0.15) is 22.5 Å². The zero-order chi connectivity index (χ0) is 15.1. The van der Waals surface area contributed by atoms with Crippen LogP contribution in [0, 0.1) is 0 Å².